The van der Waals surface area contributed by atoms with Gasteiger partial charge in [0.1, 0.15) is 0 Å². The molecule has 1 aromatic carbocycles. The van der Waals surface area contributed by atoms with E-state index in [4.69, 9.17) is 5.10 Å². The largest absolute Gasteiger partial charge is 0.313 e. The van der Waals surface area contributed by atoms with Crippen LogP contribution in [-0.2, 0) is 0 Å². The topological polar surface area (TPSA) is 29.9 Å². The van der Waals surface area contributed by atoms with Crippen LogP contribution in [0.3, 0.4) is 0 Å². The predicted octanol–water partition coefficient (Wildman–Crippen LogP) is 3.03. The molecule has 3 nitrogen and oxygen atoms in total. The molecule has 1 aromatic heterocycles. The summed E-state index contributed by atoms with van der Waals surface area (Å²) in [6, 6.07) is 10.9. The fourth-order valence-electron chi connectivity index (χ4n) is 2.29. The molecule has 0 aliphatic heterocycles. The molecule has 1 fully saturated rings. The molecule has 1 saturated carbocycles. The van der Waals surface area contributed by atoms with Gasteiger partial charge in [0.05, 0.1) is 11.4 Å². The molecule has 1 atom stereocenters. The summed E-state index contributed by atoms with van der Waals surface area (Å²) in [5.74, 6) is 0.708. The van der Waals surface area contributed by atoms with Crippen LogP contribution in [0.15, 0.2) is 36.5 Å². The van der Waals surface area contributed by atoms with E-state index in [0.29, 0.717) is 12.0 Å². The van der Waals surface area contributed by atoms with Crippen molar-refractivity contribution in [2.75, 3.05) is 7.05 Å². The second kappa shape index (κ2) is 4.58. The molecule has 0 spiro atoms. The van der Waals surface area contributed by atoms with E-state index in [2.05, 4.69) is 48.8 Å². The molecule has 3 heteroatoms. The second-order valence-electron chi connectivity index (χ2n) is 5.03. The zero-order chi connectivity index (χ0) is 12.5. The molecule has 1 aliphatic carbocycles. The number of hydrogen-bond donors (Lipinski definition) is 1. The maximum absolute atomic E-state index is 4.71. The lowest BCUT2D eigenvalue weighted by Crippen LogP contribution is -2.15. The Balaban J connectivity index is 1.98. The van der Waals surface area contributed by atoms with E-state index in [0.717, 1.165) is 0 Å². The highest BCUT2D eigenvalue weighted by atomic mass is 15.3. The first-order chi connectivity index (χ1) is 8.79. The Bertz CT molecular complexity index is 540. The minimum absolute atomic E-state index is 0.328. The van der Waals surface area contributed by atoms with E-state index in [1.165, 1.54) is 29.8 Å². The van der Waals surface area contributed by atoms with Gasteiger partial charge in [-0.2, -0.15) is 5.10 Å². The van der Waals surface area contributed by atoms with Crippen molar-refractivity contribution in [3.05, 3.63) is 47.8 Å². The van der Waals surface area contributed by atoms with Crippen LogP contribution in [0.25, 0.3) is 5.69 Å². The van der Waals surface area contributed by atoms with E-state index < -0.39 is 0 Å². The molecular weight excluding hydrogens is 222 g/mol. The second-order valence-corrected chi connectivity index (χ2v) is 5.03. The van der Waals surface area contributed by atoms with E-state index in [1.54, 1.807) is 0 Å². The molecule has 1 heterocycles. The maximum Gasteiger partial charge on any atom is 0.0693 e. The van der Waals surface area contributed by atoms with Gasteiger partial charge in [-0.1, -0.05) is 18.2 Å². The van der Waals surface area contributed by atoms with Crippen molar-refractivity contribution in [2.45, 2.75) is 31.7 Å². The van der Waals surface area contributed by atoms with Crippen molar-refractivity contribution < 1.29 is 0 Å². The van der Waals surface area contributed by atoms with Crippen LogP contribution in [0.1, 0.15) is 43.0 Å². The Morgan fingerprint density at radius 2 is 2.06 bits per heavy atom. The van der Waals surface area contributed by atoms with Gasteiger partial charge in [-0.3, -0.25) is 0 Å². The molecule has 0 amide bonds. The lowest BCUT2D eigenvalue weighted by atomic mass is 10.1. The Kier molecular flexibility index (Phi) is 2.92. The highest BCUT2D eigenvalue weighted by molar-refractivity contribution is 5.42. The third kappa shape index (κ3) is 2.06. The van der Waals surface area contributed by atoms with Crippen LogP contribution in [-0.4, -0.2) is 16.8 Å². The number of nitrogens with zero attached hydrogens (tertiary/aromatic N) is 2. The van der Waals surface area contributed by atoms with Crippen LogP contribution in [0.5, 0.6) is 0 Å². The van der Waals surface area contributed by atoms with Gasteiger partial charge in [0.15, 0.2) is 0 Å². The van der Waals surface area contributed by atoms with Crippen LogP contribution in [0, 0.1) is 0 Å². The Hall–Kier alpha value is -1.61. The summed E-state index contributed by atoms with van der Waals surface area (Å²) in [7, 11) is 1.99. The smallest absolute Gasteiger partial charge is 0.0693 e. The van der Waals surface area contributed by atoms with Crippen LogP contribution < -0.4 is 5.32 Å². The summed E-state index contributed by atoms with van der Waals surface area (Å²) in [6.07, 6.45) is 4.67. The van der Waals surface area contributed by atoms with E-state index in [-0.39, 0.29) is 0 Å². The normalized spacial score (nSPS) is 16.8. The molecule has 18 heavy (non-hydrogen) atoms. The summed E-state index contributed by atoms with van der Waals surface area (Å²) in [5.41, 5.74) is 3.69. The van der Waals surface area contributed by atoms with E-state index >= 15 is 0 Å². The summed E-state index contributed by atoms with van der Waals surface area (Å²) in [5, 5.41) is 8.00. The van der Waals surface area contributed by atoms with Gasteiger partial charge in [0, 0.05) is 18.2 Å². The van der Waals surface area contributed by atoms with E-state index in [9.17, 15) is 0 Å². The Morgan fingerprint density at radius 1 is 1.28 bits per heavy atom. The number of para-hydroxylation sites is 1. The minimum atomic E-state index is 0.328. The van der Waals surface area contributed by atoms with Gasteiger partial charge in [-0.15, -0.1) is 0 Å². The number of aromatic nitrogens is 2. The maximum atomic E-state index is 4.71. The zero-order valence-corrected chi connectivity index (χ0v) is 10.9. The summed E-state index contributed by atoms with van der Waals surface area (Å²) in [6.45, 7) is 2.17. The molecule has 1 N–H and O–H groups in total. The Morgan fingerprint density at radius 3 is 2.78 bits per heavy atom. The quantitative estimate of drug-likeness (QED) is 0.891. The highest BCUT2D eigenvalue weighted by Crippen LogP contribution is 2.39. The average molecular weight is 241 g/mol. The SMILES string of the molecule is CNC(C)c1ccccc1-n1ccc(C2CC2)n1. The van der Waals surface area contributed by atoms with Crippen molar-refractivity contribution in [2.24, 2.45) is 0 Å². The van der Waals surface area contributed by atoms with Crippen molar-refractivity contribution >= 4 is 0 Å². The number of hydrogen-bond acceptors (Lipinski definition) is 2. The van der Waals surface area contributed by atoms with Gasteiger partial charge in [0.2, 0.25) is 0 Å². The molecule has 0 saturated heterocycles. The monoisotopic (exact) mass is 241 g/mol. The third-order valence-corrected chi connectivity index (χ3v) is 3.69. The molecule has 1 unspecified atom stereocenters. The molecule has 3 rings (SSSR count). The molecule has 0 bridgehead atoms. The first kappa shape index (κ1) is 11.5. The standard InChI is InChI=1S/C15H19N3/c1-11(16-2)13-5-3-4-6-15(13)18-10-9-14(17-18)12-7-8-12/h3-6,9-12,16H,7-8H2,1-2H3. The summed E-state index contributed by atoms with van der Waals surface area (Å²) < 4.78 is 2.01. The molecule has 1 aliphatic rings. The first-order valence-electron chi connectivity index (χ1n) is 6.61. The van der Waals surface area contributed by atoms with Crippen LogP contribution in [0.2, 0.25) is 0 Å². The molecular formula is C15H19N3. The molecule has 94 valence electrons. The summed E-state index contributed by atoms with van der Waals surface area (Å²) >= 11 is 0. The lowest BCUT2D eigenvalue weighted by molar-refractivity contribution is 0.643. The van der Waals surface area contributed by atoms with E-state index in [1.807, 2.05) is 11.7 Å². The van der Waals surface area contributed by atoms with Crippen molar-refractivity contribution in [3.63, 3.8) is 0 Å². The fraction of sp³-hybridized carbons (Fsp3) is 0.400. The molecule has 2 aromatic rings. The van der Waals surface area contributed by atoms with Crippen LogP contribution in [0.4, 0.5) is 0 Å². The van der Waals surface area contributed by atoms with Crippen molar-refractivity contribution in [1.29, 1.82) is 0 Å². The van der Waals surface area contributed by atoms with Gasteiger partial charge < -0.3 is 5.32 Å². The molecule has 0 radical (unpaired) electrons. The lowest BCUT2D eigenvalue weighted by Gasteiger charge is -2.15. The zero-order valence-electron chi connectivity index (χ0n) is 10.9. The number of benzene rings is 1. The van der Waals surface area contributed by atoms with Crippen molar-refractivity contribution in [3.8, 4) is 5.69 Å². The highest BCUT2D eigenvalue weighted by Gasteiger charge is 2.26. The predicted molar refractivity (Wildman–Crippen MR) is 73.0 cm³/mol. The van der Waals surface area contributed by atoms with Crippen molar-refractivity contribution in [1.82, 2.24) is 15.1 Å². The Labute approximate surface area is 108 Å². The number of nitrogens with one attached hydrogen (secondary N) is 1. The third-order valence-electron chi connectivity index (χ3n) is 3.69. The fourth-order valence-corrected chi connectivity index (χ4v) is 2.29. The van der Waals surface area contributed by atoms with Gasteiger partial charge in [-0.05, 0) is 44.5 Å². The van der Waals surface area contributed by atoms with Gasteiger partial charge in [0.25, 0.3) is 0 Å². The number of rotatable bonds is 4. The summed E-state index contributed by atoms with van der Waals surface area (Å²) in [4.78, 5) is 0. The van der Waals surface area contributed by atoms with Crippen LogP contribution >= 0.6 is 0 Å². The van der Waals surface area contributed by atoms with Gasteiger partial charge in [-0.25, -0.2) is 4.68 Å². The van der Waals surface area contributed by atoms with Gasteiger partial charge >= 0.3 is 0 Å². The minimum Gasteiger partial charge on any atom is -0.313 e. The first-order valence-corrected chi connectivity index (χ1v) is 6.61. The average Bonchev–Trinajstić information content (AvgIpc) is 3.16.